The summed E-state index contributed by atoms with van der Waals surface area (Å²) in [5, 5.41) is 0. The van der Waals surface area contributed by atoms with Gasteiger partial charge in [0.25, 0.3) is 0 Å². The topological polar surface area (TPSA) is 76.2 Å². The number of carbonyl (C=O) groups excluding carboxylic acids is 1. The highest BCUT2D eigenvalue weighted by atomic mass is 32.2. The molecule has 1 aromatic carbocycles. The molecule has 0 spiro atoms. The van der Waals surface area contributed by atoms with E-state index in [9.17, 15) is 13.2 Å². The van der Waals surface area contributed by atoms with Gasteiger partial charge >= 0.3 is 0 Å². The van der Waals surface area contributed by atoms with Crippen molar-refractivity contribution in [1.29, 1.82) is 0 Å². The summed E-state index contributed by atoms with van der Waals surface area (Å²) in [6.07, 6.45) is 3.57. The summed E-state index contributed by atoms with van der Waals surface area (Å²) in [7, 11) is -1.99. The van der Waals surface area contributed by atoms with Gasteiger partial charge < -0.3 is 14.4 Å². The smallest absolute Gasteiger partial charge is 0.243 e. The SMILES string of the molecule is CN(CC1CC1)C(=O)[C@@H]1CCCN1S(=O)(=O)c1ccc2c(c1)OCCO2. The van der Waals surface area contributed by atoms with Crippen LogP contribution in [0, 0.1) is 5.92 Å². The molecule has 0 bridgehead atoms. The first-order valence-electron chi connectivity index (χ1n) is 9.13. The van der Waals surface area contributed by atoms with Gasteiger partial charge in [-0.25, -0.2) is 8.42 Å². The number of likely N-dealkylation sites (N-methyl/N-ethyl adjacent to an activating group) is 1. The number of carbonyl (C=O) groups is 1. The molecule has 1 aliphatic carbocycles. The lowest BCUT2D eigenvalue weighted by Crippen LogP contribution is -2.47. The number of hydrogen-bond acceptors (Lipinski definition) is 5. The van der Waals surface area contributed by atoms with Crippen LogP contribution in [0.5, 0.6) is 11.5 Å². The third kappa shape index (κ3) is 3.27. The number of fused-ring (bicyclic) bond motifs is 1. The monoisotopic (exact) mass is 380 g/mol. The van der Waals surface area contributed by atoms with Crippen molar-refractivity contribution in [3.05, 3.63) is 18.2 Å². The molecule has 8 heteroatoms. The van der Waals surface area contributed by atoms with Gasteiger partial charge in [-0.1, -0.05) is 0 Å². The van der Waals surface area contributed by atoms with Crippen LogP contribution in [0.3, 0.4) is 0 Å². The van der Waals surface area contributed by atoms with E-state index in [2.05, 4.69) is 0 Å². The number of rotatable bonds is 5. The Bertz CT molecular complexity index is 806. The Morgan fingerprint density at radius 2 is 1.92 bits per heavy atom. The molecule has 2 aliphatic heterocycles. The van der Waals surface area contributed by atoms with E-state index in [4.69, 9.17) is 9.47 Å². The summed E-state index contributed by atoms with van der Waals surface area (Å²) in [6, 6.07) is 4.03. The maximum absolute atomic E-state index is 13.2. The summed E-state index contributed by atoms with van der Waals surface area (Å²) >= 11 is 0. The minimum absolute atomic E-state index is 0.101. The van der Waals surface area contributed by atoms with Crippen LogP contribution in [0.25, 0.3) is 0 Å². The number of benzene rings is 1. The molecule has 0 unspecified atom stereocenters. The molecule has 1 aromatic rings. The minimum atomic E-state index is -3.76. The van der Waals surface area contributed by atoms with E-state index in [1.54, 1.807) is 18.0 Å². The average Bonchev–Trinajstić information content (AvgIpc) is 3.31. The van der Waals surface area contributed by atoms with Crippen LogP contribution in [0.1, 0.15) is 25.7 Å². The van der Waals surface area contributed by atoms with Crippen molar-refractivity contribution in [1.82, 2.24) is 9.21 Å². The zero-order valence-electron chi connectivity index (χ0n) is 14.9. The third-order valence-corrected chi connectivity index (χ3v) is 7.12. The molecule has 0 N–H and O–H groups in total. The molecule has 142 valence electrons. The fraction of sp³-hybridized carbons (Fsp3) is 0.611. The van der Waals surface area contributed by atoms with Gasteiger partial charge in [0.2, 0.25) is 15.9 Å². The van der Waals surface area contributed by atoms with Gasteiger partial charge in [0.15, 0.2) is 11.5 Å². The van der Waals surface area contributed by atoms with Crippen molar-refractivity contribution in [2.45, 2.75) is 36.6 Å². The fourth-order valence-corrected chi connectivity index (χ4v) is 5.29. The van der Waals surface area contributed by atoms with Crippen LogP contribution in [-0.2, 0) is 14.8 Å². The number of ether oxygens (including phenoxy) is 2. The highest BCUT2D eigenvalue weighted by Crippen LogP contribution is 2.35. The summed E-state index contributed by atoms with van der Waals surface area (Å²) in [6.45, 7) is 1.93. The van der Waals surface area contributed by atoms with Gasteiger partial charge in [-0.2, -0.15) is 4.31 Å². The van der Waals surface area contributed by atoms with E-state index < -0.39 is 16.1 Å². The van der Waals surface area contributed by atoms with Crippen LogP contribution in [0.4, 0.5) is 0 Å². The number of hydrogen-bond donors (Lipinski definition) is 0. The Morgan fingerprint density at radius 1 is 1.19 bits per heavy atom. The maximum Gasteiger partial charge on any atom is 0.243 e. The molecule has 1 amide bonds. The summed E-state index contributed by atoms with van der Waals surface area (Å²) in [5.74, 6) is 1.46. The average molecular weight is 380 g/mol. The molecule has 0 radical (unpaired) electrons. The second-order valence-electron chi connectivity index (χ2n) is 7.24. The van der Waals surface area contributed by atoms with E-state index in [0.717, 1.165) is 12.8 Å². The molecule has 1 atom stereocenters. The summed E-state index contributed by atoms with van der Waals surface area (Å²) in [4.78, 5) is 14.6. The molecule has 3 aliphatic rings. The number of sulfonamides is 1. The maximum atomic E-state index is 13.2. The Morgan fingerprint density at radius 3 is 2.65 bits per heavy atom. The van der Waals surface area contributed by atoms with E-state index in [0.29, 0.717) is 56.6 Å². The molecule has 1 saturated carbocycles. The molecule has 7 nitrogen and oxygen atoms in total. The lowest BCUT2D eigenvalue weighted by Gasteiger charge is -2.28. The highest BCUT2D eigenvalue weighted by Gasteiger charge is 2.41. The van der Waals surface area contributed by atoms with Crippen molar-refractivity contribution in [2.75, 3.05) is 33.4 Å². The predicted molar refractivity (Wildman–Crippen MR) is 94.7 cm³/mol. The van der Waals surface area contributed by atoms with E-state index in [1.807, 2.05) is 0 Å². The Kier molecular flexibility index (Phi) is 4.56. The van der Waals surface area contributed by atoms with Crippen molar-refractivity contribution < 1.29 is 22.7 Å². The Hall–Kier alpha value is -1.80. The molecular formula is C18H24N2O5S. The first-order valence-corrected chi connectivity index (χ1v) is 10.6. The zero-order chi connectivity index (χ0) is 18.3. The van der Waals surface area contributed by atoms with Crippen LogP contribution in [-0.4, -0.2) is 62.9 Å². The van der Waals surface area contributed by atoms with Gasteiger partial charge in [0, 0.05) is 26.2 Å². The lowest BCUT2D eigenvalue weighted by atomic mass is 10.2. The van der Waals surface area contributed by atoms with Gasteiger partial charge in [0.1, 0.15) is 19.3 Å². The van der Waals surface area contributed by atoms with Crippen molar-refractivity contribution in [3.63, 3.8) is 0 Å². The lowest BCUT2D eigenvalue weighted by molar-refractivity contribution is -0.133. The van der Waals surface area contributed by atoms with Gasteiger partial charge in [-0.15, -0.1) is 0 Å². The van der Waals surface area contributed by atoms with Crippen LogP contribution in [0.15, 0.2) is 23.1 Å². The van der Waals surface area contributed by atoms with Crippen LogP contribution >= 0.6 is 0 Å². The van der Waals surface area contributed by atoms with E-state index in [-0.39, 0.29) is 10.8 Å². The second kappa shape index (κ2) is 6.74. The van der Waals surface area contributed by atoms with Crippen molar-refractivity contribution in [2.24, 2.45) is 5.92 Å². The molecule has 4 rings (SSSR count). The molecule has 0 aromatic heterocycles. The zero-order valence-corrected chi connectivity index (χ0v) is 15.7. The minimum Gasteiger partial charge on any atom is -0.486 e. The highest BCUT2D eigenvalue weighted by molar-refractivity contribution is 7.89. The Balaban J connectivity index is 1.56. The molecular weight excluding hydrogens is 356 g/mol. The van der Waals surface area contributed by atoms with Gasteiger partial charge in [-0.3, -0.25) is 4.79 Å². The van der Waals surface area contributed by atoms with Crippen molar-refractivity contribution >= 4 is 15.9 Å². The quantitative estimate of drug-likeness (QED) is 0.773. The number of amides is 1. The summed E-state index contributed by atoms with van der Waals surface area (Å²) in [5.41, 5.74) is 0. The van der Waals surface area contributed by atoms with E-state index >= 15 is 0 Å². The molecule has 26 heavy (non-hydrogen) atoms. The van der Waals surface area contributed by atoms with Gasteiger partial charge in [-0.05, 0) is 43.7 Å². The second-order valence-corrected chi connectivity index (χ2v) is 9.13. The van der Waals surface area contributed by atoms with Crippen LogP contribution < -0.4 is 9.47 Å². The standard InChI is InChI=1S/C18H24N2O5S/c1-19(12-13-4-5-13)18(21)15-3-2-8-20(15)26(22,23)14-6-7-16-17(11-14)25-10-9-24-16/h6-7,11,13,15H,2-5,8-10,12H2,1H3/t15-/m0/s1. The Labute approximate surface area is 153 Å². The van der Waals surface area contributed by atoms with Gasteiger partial charge in [0.05, 0.1) is 4.90 Å². The fourth-order valence-electron chi connectivity index (χ4n) is 3.63. The number of nitrogens with zero attached hydrogens (tertiary/aromatic N) is 2. The summed E-state index contributed by atoms with van der Waals surface area (Å²) < 4.78 is 38.6. The molecule has 1 saturated heterocycles. The normalized spacial score (nSPS) is 23.0. The predicted octanol–water partition coefficient (Wildman–Crippen LogP) is 1.48. The largest absolute Gasteiger partial charge is 0.486 e. The van der Waals surface area contributed by atoms with Crippen LogP contribution in [0.2, 0.25) is 0 Å². The van der Waals surface area contributed by atoms with E-state index in [1.165, 1.54) is 16.4 Å². The van der Waals surface area contributed by atoms with Crippen molar-refractivity contribution in [3.8, 4) is 11.5 Å². The molecule has 2 heterocycles. The first kappa shape index (κ1) is 17.6. The first-order chi connectivity index (χ1) is 12.5. The third-order valence-electron chi connectivity index (χ3n) is 5.21. The molecule has 2 fully saturated rings.